The number of hydrogen-bond donors (Lipinski definition) is 0. The lowest BCUT2D eigenvalue weighted by molar-refractivity contribution is 0.161. The molecule has 178 valence electrons. The molecule has 3 aromatic heterocycles. The first-order valence-corrected chi connectivity index (χ1v) is 13.1. The van der Waals surface area contributed by atoms with E-state index in [0.717, 1.165) is 36.8 Å². The zero-order valence-corrected chi connectivity index (χ0v) is 20.1. The summed E-state index contributed by atoms with van der Waals surface area (Å²) in [6, 6.07) is 9.28. The highest BCUT2D eigenvalue weighted by atomic mass is 32.2. The van der Waals surface area contributed by atoms with Crippen molar-refractivity contribution in [3.8, 4) is 11.7 Å². The van der Waals surface area contributed by atoms with E-state index in [4.69, 9.17) is 9.26 Å². The predicted octanol–water partition coefficient (Wildman–Crippen LogP) is 3.38. The summed E-state index contributed by atoms with van der Waals surface area (Å²) in [6.07, 6.45) is 6.16. The third-order valence-corrected chi connectivity index (χ3v) is 7.02. The normalized spacial score (nSPS) is 15.4. The summed E-state index contributed by atoms with van der Waals surface area (Å²) >= 11 is 0. The molecule has 4 heterocycles. The van der Waals surface area contributed by atoms with Gasteiger partial charge in [0.15, 0.2) is 15.7 Å². The molecule has 1 saturated heterocycles. The molecule has 0 aliphatic carbocycles. The molecule has 1 aliphatic rings. The summed E-state index contributed by atoms with van der Waals surface area (Å²) in [5.74, 6) is 2.09. The van der Waals surface area contributed by atoms with Gasteiger partial charge in [-0.3, -0.25) is 0 Å². The van der Waals surface area contributed by atoms with E-state index in [0.29, 0.717) is 23.5 Å². The average Bonchev–Trinajstić information content (AvgIpc) is 3.47. The Balaban J connectivity index is 1.28. The van der Waals surface area contributed by atoms with Crippen molar-refractivity contribution in [3.63, 3.8) is 0 Å². The quantitative estimate of drug-likeness (QED) is 0.408. The van der Waals surface area contributed by atoms with Gasteiger partial charge in [0, 0.05) is 55.8 Å². The topological polar surface area (TPSA) is 116 Å². The fourth-order valence-corrected chi connectivity index (χ4v) is 4.66. The molecule has 0 saturated carbocycles. The van der Waals surface area contributed by atoms with Crippen molar-refractivity contribution in [1.82, 2.24) is 24.7 Å². The zero-order chi connectivity index (χ0) is 23.9. The van der Waals surface area contributed by atoms with Crippen LogP contribution in [0.1, 0.15) is 38.4 Å². The first-order chi connectivity index (χ1) is 16.3. The molecule has 0 unspecified atom stereocenters. The monoisotopic (exact) mass is 482 g/mol. The Labute approximate surface area is 197 Å². The van der Waals surface area contributed by atoms with Gasteiger partial charge in [0.2, 0.25) is 5.88 Å². The summed E-state index contributed by atoms with van der Waals surface area (Å²) in [5.41, 5.74) is 0.852. The summed E-state index contributed by atoms with van der Waals surface area (Å²) in [7, 11) is -3.27. The number of fused-ring (bicyclic) bond motifs is 1. The van der Waals surface area contributed by atoms with Crippen molar-refractivity contribution in [2.24, 2.45) is 0 Å². The number of rotatable bonds is 6. The van der Waals surface area contributed by atoms with Gasteiger partial charge < -0.3 is 18.7 Å². The van der Waals surface area contributed by atoms with Gasteiger partial charge in [-0.1, -0.05) is 19.0 Å². The largest absolute Gasteiger partial charge is 0.474 e. The Kier molecular flexibility index (Phi) is 5.72. The van der Waals surface area contributed by atoms with E-state index in [1.165, 1.54) is 12.6 Å². The fourth-order valence-electron chi connectivity index (χ4n) is 4.00. The number of anilines is 1. The molecule has 11 heteroatoms. The first-order valence-electron chi connectivity index (χ1n) is 11.2. The SMILES string of the molecule is CC(C)c1noc(N2CCC(Oc3cc(-n4ccc5cc(S(C)(=O)=O)ccc54)ncn3)CC2)n1. The third-order valence-electron chi connectivity index (χ3n) is 5.91. The van der Waals surface area contributed by atoms with Crippen LogP contribution in [0, 0.1) is 0 Å². The molecule has 1 aromatic carbocycles. The Morgan fingerprint density at radius 3 is 2.62 bits per heavy atom. The maximum absolute atomic E-state index is 11.9. The summed E-state index contributed by atoms with van der Waals surface area (Å²) < 4.78 is 37.2. The van der Waals surface area contributed by atoms with Crippen molar-refractivity contribution in [2.75, 3.05) is 24.2 Å². The molecule has 1 fully saturated rings. The molecule has 4 aromatic rings. The van der Waals surface area contributed by atoms with Gasteiger partial charge in [-0.2, -0.15) is 4.98 Å². The van der Waals surface area contributed by atoms with E-state index in [2.05, 4.69) is 25.0 Å². The van der Waals surface area contributed by atoms with Gasteiger partial charge in [-0.05, 0) is 24.3 Å². The van der Waals surface area contributed by atoms with E-state index < -0.39 is 9.84 Å². The van der Waals surface area contributed by atoms with Crippen LogP contribution in [0.3, 0.4) is 0 Å². The van der Waals surface area contributed by atoms with Crippen LogP contribution in [-0.2, 0) is 9.84 Å². The van der Waals surface area contributed by atoms with Crippen molar-refractivity contribution < 1.29 is 17.7 Å². The van der Waals surface area contributed by atoms with Crippen LogP contribution in [0.25, 0.3) is 16.7 Å². The molecule has 0 bridgehead atoms. The van der Waals surface area contributed by atoms with Crippen LogP contribution in [0.2, 0.25) is 0 Å². The maximum Gasteiger partial charge on any atom is 0.324 e. The lowest BCUT2D eigenvalue weighted by Crippen LogP contribution is -2.38. The van der Waals surface area contributed by atoms with E-state index in [9.17, 15) is 8.42 Å². The van der Waals surface area contributed by atoms with Crippen molar-refractivity contribution in [1.29, 1.82) is 0 Å². The minimum absolute atomic E-state index is 0.0187. The minimum atomic E-state index is -3.27. The predicted molar refractivity (Wildman–Crippen MR) is 126 cm³/mol. The lowest BCUT2D eigenvalue weighted by Gasteiger charge is -2.30. The maximum atomic E-state index is 11.9. The number of benzene rings is 1. The third kappa shape index (κ3) is 4.47. The van der Waals surface area contributed by atoms with Gasteiger partial charge in [0.05, 0.1) is 10.4 Å². The van der Waals surface area contributed by atoms with Gasteiger partial charge in [-0.15, -0.1) is 0 Å². The highest BCUT2D eigenvalue weighted by Gasteiger charge is 2.25. The summed E-state index contributed by atoms with van der Waals surface area (Å²) in [6.45, 7) is 5.59. The van der Waals surface area contributed by atoms with Crippen LogP contribution < -0.4 is 9.64 Å². The minimum Gasteiger partial charge on any atom is -0.474 e. The average molecular weight is 483 g/mol. The first kappa shape index (κ1) is 22.3. The molecule has 0 amide bonds. The molecule has 34 heavy (non-hydrogen) atoms. The fraction of sp³-hybridized carbons (Fsp3) is 0.391. The van der Waals surface area contributed by atoms with Crippen LogP contribution in [-0.4, -0.2) is 58.5 Å². The van der Waals surface area contributed by atoms with E-state index in [1.54, 1.807) is 24.3 Å². The highest BCUT2D eigenvalue weighted by molar-refractivity contribution is 7.90. The number of aromatic nitrogens is 5. The molecular formula is C23H26N6O4S. The van der Waals surface area contributed by atoms with E-state index in [1.807, 2.05) is 30.7 Å². The van der Waals surface area contributed by atoms with Crippen molar-refractivity contribution in [2.45, 2.75) is 43.6 Å². The van der Waals surface area contributed by atoms with Crippen molar-refractivity contribution in [3.05, 3.63) is 48.7 Å². The summed E-state index contributed by atoms with van der Waals surface area (Å²) in [4.78, 5) is 15.5. The number of ether oxygens (including phenoxy) is 1. The van der Waals surface area contributed by atoms with Crippen LogP contribution in [0.4, 0.5) is 6.01 Å². The van der Waals surface area contributed by atoms with Gasteiger partial charge >= 0.3 is 6.01 Å². The number of piperidine rings is 1. The lowest BCUT2D eigenvalue weighted by atomic mass is 10.1. The number of hydrogen-bond acceptors (Lipinski definition) is 9. The van der Waals surface area contributed by atoms with E-state index in [-0.39, 0.29) is 16.9 Å². The van der Waals surface area contributed by atoms with Crippen molar-refractivity contribution >= 4 is 26.8 Å². The van der Waals surface area contributed by atoms with Crippen LogP contribution in [0.5, 0.6) is 5.88 Å². The second-order valence-electron chi connectivity index (χ2n) is 8.79. The smallest absolute Gasteiger partial charge is 0.324 e. The number of sulfone groups is 1. The Morgan fingerprint density at radius 2 is 1.91 bits per heavy atom. The number of nitrogens with zero attached hydrogens (tertiary/aromatic N) is 6. The van der Waals surface area contributed by atoms with Gasteiger partial charge in [0.1, 0.15) is 18.2 Å². The van der Waals surface area contributed by atoms with Gasteiger partial charge in [0.25, 0.3) is 0 Å². The van der Waals surface area contributed by atoms with Gasteiger partial charge in [-0.25, -0.2) is 18.4 Å². The van der Waals surface area contributed by atoms with Crippen LogP contribution >= 0.6 is 0 Å². The second-order valence-corrected chi connectivity index (χ2v) is 10.8. The molecule has 0 N–H and O–H groups in total. The molecule has 0 radical (unpaired) electrons. The molecule has 0 atom stereocenters. The molecule has 10 nitrogen and oxygen atoms in total. The second kappa shape index (κ2) is 8.71. The highest BCUT2D eigenvalue weighted by Crippen LogP contribution is 2.26. The zero-order valence-electron chi connectivity index (χ0n) is 19.2. The van der Waals surface area contributed by atoms with Crippen LogP contribution in [0.15, 0.2) is 52.3 Å². The van der Waals surface area contributed by atoms with E-state index >= 15 is 0 Å². The Hall–Kier alpha value is -3.47. The summed E-state index contributed by atoms with van der Waals surface area (Å²) in [5, 5.41) is 4.86. The molecule has 0 spiro atoms. The Morgan fingerprint density at radius 1 is 1.12 bits per heavy atom. The standard InChI is InChI=1S/C23H26N6O4S/c1-15(2)22-26-23(33-27-22)28-9-7-17(8-10-28)32-21-13-20(24-14-25-21)29-11-6-16-12-18(34(3,30)31)4-5-19(16)29/h4-6,11-15,17H,7-10H2,1-3H3. The molecule has 5 rings (SSSR count). The molecular weight excluding hydrogens is 456 g/mol. The molecule has 1 aliphatic heterocycles. The Bertz CT molecular complexity index is 1420.